The molecule has 1 rings (SSSR count). The number of benzene rings is 1. The first-order valence-electron chi connectivity index (χ1n) is 5.74. The monoisotopic (exact) mass is 221 g/mol. The van der Waals surface area contributed by atoms with Crippen LogP contribution in [0.3, 0.4) is 0 Å². The summed E-state index contributed by atoms with van der Waals surface area (Å²) in [6, 6.07) is 8.37. The minimum Gasteiger partial charge on any atom is -0.274 e. The van der Waals surface area contributed by atoms with Gasteiger partial charge in [-0.3, -0.25) is 9.63 Å². The highest BCUT2D eigenvalue weighted by atomic mass is 16.6. The maximum Gasteiger partial charge on any atom is 0.243 e. The van der Waals surface area contributed by atoms with Crippen molar-refractivity contribution in [3.63, 3.8) is 0 Å². The van der Waals surface area contributed by atoms with Crippen LogP contribution in [0.1, 0.15) is 31.4 Å². The van der Waals surface area contributed by atoms with Crippen LogP contribution in [-0.4, -0.2) is 12.5 Å². The van der Waals surface area contributed by atoms with E-state index in [0.717, 1.165) is 12.8 Å². The Morgan fingerprint density at radius 1 is 1.19 bits per heavy atom. The van der Waals surface area contributed by atoms with Crippen LogP contribution < -0.4 is 5.48 Å². The summed E-state index contributed by atoms with van der Waals surface area (Å²) in [4.78, 5) is 16.1. The lowest BCUT2D eigenvalue weighted by Gasteiger charge is -2.04. The SMILES string of the molecule is CCONC(=O)CCc1ccc(CC)cc1. The van der Waals surface area contributed by atoms with Crippen molar-refractivity contribution in [2.75, 3.05) is 6.61 Å². The van der Waals surface area contributed by atoms with Gasteiger partial charge in [0, 0.05) is 6.42 Å². The maximum atomic E-state index is 11.3. The zero-order chi connectivity index (χ0) is 11.8. The molecule has 3 heteroatoms. The number of carbonyl (C=O) groups excluding carboxylic acids is 1. The van der Waals surface area contributed by atoms with Gasteiger partial charge in [0.05, 0.1) is 6.61 Å². The zero-order valence-corrected chi connectivity index (χ0v) is 9.95. The van der Waals surface area contributed by atoms with Gasteiger partial charge in [-0.25, -0.2) is 5.48 Å². The summed E-state index contributed by atoms with van der Waals surface area (Å²) < 4.78 is 0. The van der Waals surface area contributed by atoms with Gasteiger partial charge in [0.15, 0.2) is 0 Å². The third-order valence-electron chi connectivity index (χ3n) is 2.40. The van der Waals surface area contributed by atoms with Gasteiger partial charge in [-0.2, -0.15) is 0 Å². The molecule has 0 saturated heterocycles. The molecule has 0 heterocycles. The summed E-state index contributed by atoms with van der Waals surface area (Å²) in [5, 5.41) is 0. The van der Waals surface area contributed by atoms with E-state index in [2.05, 4.69) is 36.7 Å². The molecule has 0 saturated carbocycles. The lowest BCUT2D eigenvalue weighted by molar-refractivity contribution is -0.133. The fourth-order valence-corrected chi connectivity index (χ4v) is 1.40. The maximum absolute atomic E-state index is 11.3. The van der Waals surface area contributed by atoms with E-state index in [1.807, 2.05) is 6.92 Å². The molecular formula is C13H19NO2. The minimum atomic E-state index is -0.0681. The van der Waals surface area contributed by atoms with Gasteiger partial charge in [-0.05, 0) is 30.9 Å². The molecule has 0 aromatic heterocycles. The lowest BCUT2D eigenvalue weighted by Crippen LogP contribution is -2.23. The standard InChI is InChI=1S/C13H19NO2/c1-3-11-5-7-12(8-6-11)9-10-13(15)14-16-4-2/h5-8H,3-4,9-10H2,1-2H3,(H,14,15). The van der Waals surface area contributed by atoms with Crippen molar-refractivity contribution in [3.05, 3.63) is 35.4 Å². The zero-order valence-electron chi connectivity index (χ0n) is 9.95. The Kier molecular flexibility index (Phi) is 5.57. The van der Waals surface area contributed by atoms with E-state index in [-0.39, 0.29) is 5.91 Å². The summed E-state index contributed by atoms with van der Waals surface area (Å²) in [5.74, 6) is -0.0681. The molecule has 0 aliphatic heterocycles. The van der Waals surface area contributed by atoms with Gasteiger partial charge in [-0.15, -0.1) is 0 Å². The highest BCUT2D eigenvalue weighted by Crippen LogP contribution is 2.07. The van der Waals surface area contributed by atoms with Crippen LogP contribution in [0.5, 0.6) is 0 Å². The highest BCUT2D eigenvalue weighted by Gasteiger charge is 2.01. The van der Waals surface area contributed by atoms with E-state index < -0.39 is 0 Å². The summed E-state index contributed by atoms with van der Waals surface area (Å²) in [6.07, 6.45) is 2.26. The average molecular weight is 221 g/mol. The molecule has 0 spiro atoms. The second-order valence-electron chi connectivity index (χ2n) is 3.63. The average Bonchev–Trinajstić information content (AvgIpc) is 2.34. The van der Waals surface area contributed by atoms with Crippen molar-refractivity contribution in [2.24, 2.45) is 0 Å². The fourth-order valence-electron chi connectivity index (χ4n) is 1.40. The number of hydroxylamine groups is 1. The second-order valence-corrected chi connectivity index (χ2v) is 3.63. The van der Waals surface area contributed by atoms with Crippen LogP contribution in [0.25, 0.3) is 0 Å². The van der Waals surface area contributed by atoms with E-state index in [0.29, 0.717) is 13.0 Å². The summed E-state index contributed by atoms with van der Waals surface area (Å²) >= 11 is 0. The van der Waals surface area contributed by atoms with Crippen LogP contribution in [0.2, 0.25) is 0 Å². The molecule has 0 aliphatic carbocycles. The molecule has 0 aliphatic rings. The number of rotatable bonds is 6. The van der Waals surface area contributed by atoms with Crippen LogP contribution >= 0.6 is 0 Å². The van der Waals surface area contributed by atoms with Crippen molar-refractivity contribution >= 4 is 5.91 Å². The van der Waals surface area contributed by atoms with Crippen LogP contribution in [0.15, 0.2) is 24.3 Å². The van der Waals surface area contributed by atoms with Crippen molar-refractivity contribution in [1.29, 1.82) is 0 Å². The number of aryl methyl sites for hydroxylation is 2. The molecule has 0 fully saturated rings. The van der Waals surface area contributed by atoms with Gasteiger partial charge < -0.3 is 0 Å². The molecule has 0 bridgehead atoms. The lowest BCUT2D eigenvalue weighted by atomic mass is 10.1. The first kappa shape index (κ1) is 12.7. The Morgan fingerprint density at radius 3 is 2.38 bits per heavy atom. The van der Waals surface area contributed by atoms with E-state index in [4.69, 9.17) is 4.84 Å². The normalized spacial score (nSPS) is 10.1. The topological polar surface area (TPSA) is 38.3 Å². The van der Waals surface area contributed by atoms with Crippen molar-refractivity contribution < 1.29 is 9.63 Å². The van der Waals surface area contributed by atoms with Gasteiger partial charge in [0.2, 0.25) is 5.91 Å². The Morgan fingerprint density at radius 2 is 1.81 bits per heavy atom. The van der Waals surface area contributed by atoms with Crippen LogP contribution in [0.4, 0.5) is 0 Å². The molecular weight excluding hydrogens is 202 g/mol. The first-order chi connectivity index (χ1) is 7.76. The predicted molar refractivity (Wildman–Crippen MR) is 63.9 cm³/mol. The van der Waals surface area contributed by atoms with Crippen LogP contribution in [-0.2, 0) is 22.5 Å². The van der Waals surface area contributed by atoms with E-state index in [1.54, 1.807) is 0 Å². The molecule has 16 heavy (non-hydrogen) atoms. The number of hydrogen-bond acceptors (Lipinski definition) is 2. The predicted octanol–water partition coefficient (Wildman–Crippen LogP) is 2.25. The van der Waals surface area contributed by atoms with E-state index in [9.17, 15) is 4.79 Å². The van der Waals surface area contributed by atoms with Crippen molar-refractivity contribution in [1.82, 2.24) is 5.48 Å². The van der Waals surface area contributed by atoms with E-state index in [1.165, 1.54) is 11.1 Å². The van der Waals surface area contributed by atoms with Gasteiger partial charge in [-0.1, -0.05) is 31.2 Å². The number of amides is 1. The molecule has 0 unspecified atom stereocenters. The number of nitrogens with one attached hydrogen (secondary N) is 1. The Hall–Kier alpha value is -1.35. The molecule has 1 aromatic carbocycles. The summed E-state index contributed by atoms with van der Waals surface area (Å²) in [7, 11) is 0. The Bertz CT molecular complexity index is 319. The molecule has 1 amide bonds. The van der Waals surface area contributed by atoms with E-state index >= 15 is 0 Å². The molecule has 0 atom stereocenters. The molecule has 1 N–H and O–H groups in total. The smallest absolute Gasteiger partial charge is 0.243 e. The van der Waals surface area contributed by atoms with Gasteiger partial charge >= 0.3 is 0 Å². The minimum absolute atomic E-state index is 0.0681. The summed E-state index contributed by atoms with van der Waals surface area (Å²) in [6.45, 7) is 4.46. The molecule has 0 radical (unpaired) electrons. The quantitative estimate of drug-likeness (QED) is 0.748. The third kappa shape index (κ3) is 4.45. The highest BCUT2D eigenvalue weighted by molar-refractivity contribution is 5.75. The Balaban J connectivity index is 2.33. The third-order valence-corrected chi connectivity index (χ3v) is 2.40. The van der Waals surface area contributed by atoms with Gasteiger partial charge in [0.25, 0.3) is 0 Å². The first-order valence-corrected chi connectivity index (χ1v) is 5.74. The largest absolute Gasteiger partial charge is 0.274 e. The Labute approximate surface area is 96.8 Å². The van der Waals surface area contributed by atoms with Crippen molar-refractivity contribution in [3.8, 4) is 0 Å². The van der Waals surface area contributed by atoms with Crippen LogP contribution in [0, 0.1) is 0 Å². The summed E-state index contributed by atoms with van der Waals surface area (Å²) in [5.41, 5.74) is 4.89. The van der Waals surface area contributed by atoms with Crippen molar-refractivity contribution in [2.45, 2.75) is 33.1 Å². The second kappa shape index (κ2) is 7.01. The number of hydrogen-bond donors (Lipinski definition) is 1. The molecule has 88 valence electrons. The fraction of sp³-hybridized carbons (Fsp3) is 0.462. The molecule has 1 aromatic rings. The molecule has 3 nitrogen and oxygen atoms in total. The van der Waals surface area contributed by atoms with Gasteiger partial charge in [0.1, 0.15) is 0 Å². The number of carbonyl (C=O) groups is 1.